The average molecular weight is 223 g/mol. The van der Waals surface area contributed by atoms with Crippen LogP contribution in [0.3, 0.4) is 0 Å². The smallest absolute Gasteiger partial charge is 0.162 e. The number of halogens is 1. The zero-order chi connectivity index (χ0) is 11.5. The van der Waals surface area contributed by atoms with Crippen LogP contribution in [0.2, 0.25) is 0 Å². The van der Waals surface area contributed by atoms with E-state index in [2.05, 4.69) is 5.16 Å². The first-order chi connectivity index (χ1) is 7.68. The fraction of sp³-hybridized carbons (Fsp3) is 0.417. The molecule has 4 heteroatoms. The average Bonchev–Trinajstić information content (AvgIpc) is 2.26. The van der Waals surface area contributed by atoms with Gasteiger partial charge in [0.15, 0.2) is 6.10 Å². The summed E-state index contributed by atoms with van der Waals surface area (Å²) in [6, 6.07) is 4.79. The molecule has 0 saturated carbocycles. The second kappa shape index (κ2) is 4.51. The Hall–Kier alpha value is -1.58. The summed E-state index contributed by atoms with van der Waals surface area (Å²) in [6.45, 7) is 4.20. The molecule has 0 N–H and O–H groups in total. The van der Waals surface area contributed by atoms with Gasteiger partial charge < -0.3 is 9.57 Å². The summed E-state index contributed by atoms with van der Waals surface area (Å²) in [5.41, 5.74) is 1.28. The van der Waals surface area contributed by atoms with Gasteiger partial charge in [0.25, 0.3) is 0 Å². The van der Waals surface area contributed by atoms with Gasteiger partial charge >= 0.3 is 0 Å². The highest BCUT2D eigenvalue weighted by molar-refractivity contribution is 5.78. The lowest BCUT2D eigenvalue weighted by Crippen LogP contribution is -2.17. The number of fused-ring (bicyclic) bond motifs is 1. The van der Waals surface area contributed by atoms with E-state index in [4.69, 9.17) is 9.57 Å². The Morgan fingerprint density at radius 2 is 2.31 bits per heavy atom. The third kappa shape index (κ3) is 2.15. The molecule has 0 saturated heterocycles. The topological polar surface area (TPSA) is 30.8 Å². The first-order valence-corrected chi connectivity index (χ1v) is 5.26. The van der Waals surface area contributed by atoms with E-state index in [0.29, 0.717) is 24.3 Å². The lowest BCUT2D eigenvalue weighted by molar-refractivity contribution is 0.0251. The van der Waals surface area contributed by atoms with Crippen LogP contribution in [0.5, 0.6) is 5.75 Å². The Morgan fingerprint density at radius 3 is 3.06 bits per heavy atom. The molecule has 1 aromatic rings. The number of benzene rings is 1. The maximum absolute atomic E-state index is 13.6. The Kier molecular flexibility index (Phi) is 3.08. The fourth-order valence-corrected chi connectivity index (χ4v) is 1.65. The maximum atomic E-state index is 13.6. The van der Waals surface area contributed by atoms with E-state index >= 15 is 0 Å². The SMILES string of the molecule is CC(C)=NOC1CCOc2cccc(F)c21. The molecular weight excluding hydrogens is 209 g/mol. The molecule has 0 aromatic heterocycles. The van der Waals surface area contributed by atoms with E-state index in [1.54, 1.807) is 12.1 Å². The third-order valence-electron chi connectivity index (χ3n) is 2.34. The van der Waals surface area contributed by atoms with Gasteiger partial charge in [-0.15, -0.1) is 0 Å². The van der Waals surface area contributed by atoms with Crippen molar-refractivity contribution in [3.63, 3.8) is 0 Å². The van der Waals surface area contributed by atoms with E-state index in [1.807, 2.05) is 13.8 Å². The highest BCUT2D eigenvalue weighted by Crippen LogP contribution is 2.36. The van der Waals surface area contributed by atoms with Gasteiger partial charge in [-0.2, -0.15) is 0 Å². The molecule has 1 unspecified atom stereocenters. The standard InChI is InChI=1S/C12H14FNO2/c1-8(2)14-16-11-6-7-15-10-5-3-4-9(13)12(10)11/h3-5,11H,6-7H2,1-2H3. The summed E-state index contributed by atoms with van der Waals surface area (Å²) < 4.78 is 19.0. The number of ether oxygens (including phenoxy) is 1. The van der Waals surface area contributed by atoms with Crippen molar-refractivity contribution in [2.45, 2.75) is 26.4 Å². The Labute approximate surface area is 93.9 Å². The van der Waals surface area contributed by atoms with Crippen molar-refractivity contribution in [1.29, 1.82) is 0 Å². The molecule has 0 spiro atoms. The fourth-order valence-electron chi connectivity index (χ4n) is 1.65. The molecule has 0 radical (unpaired) electrons. The highest BCUT2D eigenvalue weighted by Gasteiger charge is 2.26. The predicted molar refractivity (Wildman–Crippen MR) is 59.1 cm³/mol. The zero-order valence-electron chi connectivity index (χ0n) is 9.37. The van der Waals surface area contributed by atoms with Crippen LogP contribution in [0.15, 0.2) is 23.4 Å². The van der Waals surface area contributed by atoms with Gasteiger partial charge in [0.2, 0.25) is 0 Å². The first kappa shape index (κ1) is 10.9. The summed E-state index contributed by atoms with van der Waals surface area (Å²) in [7, 11) is 0. The van der Waals surface area contributed by atoms with E-state index in [1.165, 1.54) is 6.07 Å². The summed E-state index contributed by atoms with van der Waals surface area (Å²) in [4.78, 5) is 5.32. The van der Waals surface area contributed by atoms with E-state index in [-0.39, 0.29) is 11.9 Å². The second-order valence-electron chi connectivity index (χ2n) is 3.92. The van der Waals surface area contributed by atoms with Crippen LogP contribution in [0.1, 0.15) is 31.9 Å². The van der Waals surface area contributed by atoms with Crippen LogP contribution < -0.4 is 4.74 Å². The molecule has 1 atom stereocenters. The van der Waals surface area contributed by atoms with E-state index in [0.717, 1.165) is 5.71 Å². The number of hydrogen-bond acceptors (Lipinski definition) is 3. The molecular formula is C12H14FNO2. The van der Waals surface area contributed by atoms with Gasteiger partial charge in [0, 0.05) is 6.42 Å². The van der Waals surface area contributed by atoms with Crippen LogP contribution in [-0.2, 0) is 4.84 Å². The first-order valence-electron chi connectivity index (χ1n) is 5.26. The van der Waals surface area contributed by atoms with Crippen molar-refractivity contribution in [1.82, 2.24) is 0 Å². The Bertz CT molecular complexity index is 413. The second-order valence-corrected chi connectivity index (χ2v) is 3.92. The van der Waals surface area contributed by atoms with Crippen molar-refractivity contribution in [3.8, 4) is 5.75 Å². The molecule has 0 aliphatic carbocycles. The molecule has 1 aliphatic rings. The molecule has 3 nitrogen and oxygen atoms in total. The number of rotatable bonds is 2. The Morgan fingerprint density at radius 1 is 1.50 bits per heavy atom. The summed E-state index contributed by atoms with van der Waals surface area (Å²) in [6.07, 6.45) is 0.268. The maximum Gasteiger partial charge on any atom is 0.162 e. The molecule has 0 fully saturated rings. The largest absolute Gasteiger partial charge is 0.493 e. The van der Waals surface area contributed by atoms with Crippen molar-refractivity contribution in [2.24, 2.45) is 5.16 Å². The van der Waals surface area contributed by atoms with Crippen LogP contribution in [0.4, 0.5) is 4.39 Å². The minimum atomic E-state index is -0.347. The molecule has 1 aliphatic heterocycles. The van der Waals surface area contributed by atoms with Gasteiger partial charge in [0.05, 0.1) is 17.9 Å². The third-order valence-corrected chi connectivity index (χ3v) is 2.34. The minimum Gasteiger partial charge on any atom is -0.493 e. The van der Waals surface area contributed by atoms with Crippen molar-refractivity contribution < 1.29 is 14.0 Å². The minimum absolute atomic E-state index is 0.300. The van der Waals surface area contributed by atoms with Crippen molar-refractivity contribution in [3.05, 3.63) is 29.6 Å². The normalized spacial score (nSPS) is 18.3. The summed E-state index contributed by atoms with van der Waals surface area (Å²) in [5, 5.41) is 3.88. The van der Waals surface area contributed by atoms with Crippen LogP contribution in [0.25, 0.3) is 0 Å². The molecule has 2 rings (SSSR count). The zero-order valence-corrected chi connectivity index (χ0v) is 9.37. The van der Waals surface area contributed by atoms with Gasteiger partial charge in [-0.3, -0.25) is 0 Å². The lowest BCUT2D eigenvalue weighted by Gasteiger charge is -2.24. The number of hydrogen-bond donors (Lipinski definition) is 0. The molecule has 0 amide bonds. The summed E-state index contributed by atoms with van der Waals surface area (Å²) >= 11 is 0. The van der Waals surface area contributed by atoms with E-state index < -0.39 is 0 Å². The molecule has 86 valence electrons. The predicted octanol–water partition coefficient (Wildman–Crippen LogP) is 3.06. The van der Waals surface area contributed by atoms with Gasteiger partial charge in [-0.25, -0.2) is 4.39 Å². The quantitative estimate of drug-likeness (QED) is 0.570. The van der Waals surface area contributed by atoms with Crippen LogP contribution in [0, 0.1) is 5.82 Å². The van der Waals surface area contributed by atoms with Crippen molar-refractivity contribution >= 4 is 5.71 Å². The van der Waals surface area contributed by atoms with Gasteiger partial charge in [-0.05, 0) is 26.0 Å². The van der Waals surface area contributed by atoms with E-state index in [9.17, 15) is 4.39 Å². The van der Waals surface area contributed by atoms with Crippen molar-refractivity contribution in [2.75, 3.05) is 6.61 Å². The van der Waals surface area contributed by atoms with Gasteiger partial charge in [0.1, 0.15) is 11.6 Å². The van der Waals surface area contributed by atoms with Crippen LogP contribution in [-0.4, -0.2) is 12.3 Å². The van der Waals surface area contributed by atoms with Gasteiger partial charge in [-0.1, -0.05) is 11.2 Å². The molecule has 0 bridgehead atoms. The molecule has 16 heavy (non-hydrogen) atoms. The number of nitrogens with zero attached hydrogens (tertiary/aromatic N) is 1. The lowest BCUT2D eigenvalue weighted by atomic mass is 10.0. The number of oxime groups is 1. The highest BCUT2D eigenvalue weighted by atomic mass is 19.1. The summed E-state index contributed by atoms with van der Waals surface area (Å²) in [5.74, 6) is 0.256. The molecule has 1 heterocycles. The molecule has 1 aromatic carbocycles. The Balaban J connectivity index is 2.28. The van der Waals surface area contributed by atoms with Crippen LogP contribution >= 0.6 is 0 Å². The monoisotopic (exact) mass is 223 g/mol.